The average molecular weight is 584 g/mol. The van der Waals surface area contributed by atoms with Gasteiger partial charge in [0.15, 0.2) is 10.2 Å². The van der Waals surface area contributed by atoms with Crippen molar-refractivity contribution in [3.8, 4) is 5.75 Å². The van der Waals surface area contributed by atoms with Crippen LogP contribution in [-0.2, 0) is 10.0 Å². The molecule has 3 N–H and O–H groups in total. The molecule has 12 heteroatoms. The van der Waals surface area contributed by atoms with E-state index in [1.807, 2.05) is 0 Å². The van der Waals surface area contributed by atoms with Crippen LogP contribution in [-0.4, -0.2) is 31.0 Å². The summed E-state index contributed by atoms with van der Waals surface area (Å²) in [7, 11) is -3.75. The number of hydrogen-bond acceptors (Lipinski definition) is 7. The maximum atomic E-state index is 12.6. The zero-order valence-corrected chi connectivity index (χ0v) is 22.4. The van der Waals surface area contributed by atoms with Crippen LogP contribution in [0.15, 0.2) is 63.4 Å². The van der Waals surface area contributed by atoms with E-state index in [9.17, 15) is 13.2 Å². The van der Waals surface area contributed by atoms with Crippen molar-refractivity contribution in [3.05, 3.63) is 64.1 Å². The summed E-state index contributed by atoms with van der Waals surface area (Å²) in [6.45, 7) is 4.84. The second kappa shape index (κ2) is 11.7. The fraction of sp³-hybridized carbons (Fsp3) is 0.227. The largest absolute Gasteiger partial charge is 0.492 e. The number of nitrogens with one attached hydrogen (secondary N) is 3. The Morgan fingerprint density at radius 3 is 2.56 bits per heavy atom. The van der Waals surface area contributed by atoms with Gasteiger partial charge in [-0.15, -0.1) is 11.3 Å². The van der Waals surface area contributed by atoms with Gasteiger partial charge in [0.25, 0.3) is 15.9 Å². The number of aromatic nitrogens is 1. The first-order chi connectivity index (χ1) is 16.1. The summed E-state index contributed by atoms with van der Waals surface area (Å²) < 4.78 is 33.6. The smallest absolute Gasteiger partial charge is 0.263 e. The van der Waals surface area contributed by atoms with Gasteiger partial charge in [-0.3, -0.25) is 14.8 Å². The van der Waals surface area contributed by atoms with E-state index in [1.165, 1.54) is 29.7 Å². The third-order valence-electron chi connectivity index (χ3n) is 4.45. The van der Waals surface area contributed by atoms with Crippen LogP contribution in [0.5, 0.6) is 5.75 Å². The van der Waals surface area contributed by atoms with Crippen molar-refractivity contribution >= 4 is 71.3 Å². The van der Waals surface area contributed by atoms with Gasteiger partial charge in [0.2, 0.25) is 0 Å². The first-order valence-electron chi connectivity index (χ1n) is 10.2. The lowest BCUT2D eigenvalue weighted by atomic mass is 10.1. The number of rotatable bonds is 9. The van der Waals surface area contributed by atoms with Crippen LogP contribution < -0.4 is 20.1 Å². The lowest BCUT2D eigenvalue weighted by molar-refractivity contribution is 0.0977. The maximum Gasteiger partial charge on any atom is 0.263 e. The van der Waals surface area contributed by atoms with E-state index in [4.69, 9.17) is 17.0 Å². The van der Waals surface area contributed by atoms with Gasteiger partial charge in [-0.05, 0) is 83.0 Å². The second-order valence-electron chi connectivity index (χ2n) is 7.55. The van der Waals surface area contributed by atoms with Crippen LogP contribution in [0.1, 0.15) is 30.6 Å². The highest BCUT2D eigenvalue weighted by molar-refractivity contribution is 9.10. The zero-order valence-electron chi connectivity index (χ0n) is 18.4. The zero-order chi connectivity index (χ0) is 24.7. The molecule has 0 aliphatic heterocycles. The number of hydrogen-bond donors (Lipinski definition) is 3. The number of carbonyl (C=O) groups is 1. The first-order valence-corrected chi connectivity index (χ1v) is 13.8. The molecule has 0 fully saturated rings. The molecule has 34 heavy (non-hydrogen) atoms. The summed E-state index contributed by atoms with van der Waals surface area (Å²) >= 11 is 9.84. The number of anilines is 2. The van der Waals surface area contributed by atoms with Crippen molar-refractivity contribution in [3.63, 3.8) is 0 Å². The minimum Gasteiger partial charge on any atom is -0.492 e. The lowest BCUT2D eigenvalue weighted by Gasteiger charge is -2.12. The molecule has 0 aliphatic carbocycles. The Morgan fingerprint density at radius 2 is 1.94 bits per heavy atom. The van der Waals surface area contributed by atoms with Crippen LogP contribution in [0, 0.1) is 5.92 Å². The van der Waals surface area contributed by atoms with E-state index in [0.717, 1.165) is 6.42 Å². The van der Waals surface area contributed by atoms with Gasteiger partial charge in [0.1, 0.15) is 5.75 Å². The summed E-state index contributed by atoms with van der Waals surface area (Å²) in [5.41, 5.74) is 0.926. The number of sulfonamides is 1. The molecular formula is C22H23BrN4O4S3. The Balaban J connectivity index is 1.56. The molecule has 3 aromatic rings. The molecule has 0 radical (unpaired) electrons. The van der Waals surface area contributed by atoms with Crippen LogP contribution >= 0.6 is 39.5 Å². The molecule has 1 heterocycles. The van der Waals surface area contributed by atoms with Crippen molar-refractivity contribution in [2.45, 2.75) is 25.2 Å². The van der Waals surface area contributed by atoms with Crippen LogP contribution in [0.3, 0.4) is 0 Å². The molecule has 0 saturated heterocycles. The minimum absolute atomic E-state index is 0.0729. The maximum absolute atomic E-state index is 12.6. The molecule has 0 saturated carbocycles. The van der Waals surface area contributed by atoms with Crippen molar-refractivity contribution in [2.75, 3.05) is 16.6 Å². The minimum atomic E-state index is -3.75. The average Bonchev–Trinajstić information content (AvgIpc) is 3.27. The Kier molecular flexibility index (Phi) is 9.00. The number of nitrogens with zero attached hydrogens (tertiary/aromatic N) is 1. The first kappa shape index (κ1) is 26.1. The molecule has 0 unspecified atom stereocenters. The Bertz CT molecular complexity index is 1250. The van der Waals surface area contributed by atoms with E-state index in [0.29, 0.717) is 34.0 Å². The molecule has 0 bridgehead atoms. The van der Waals surface area contributed by atoms with Crippen molar-refractivity contribution in [2.24, 2.45) is 5.92 Å². The van der Waals surface area contributed by atoms with Crippen molar-refractivity contribution in [1.29, 1.82) is 0 Å². The topological polar surface area (TPSA) is 109 Å². The fourth-order valence-corrected chi connectivity index (χ4v) is 5.16. The molecule has 1 aromatic heterocycles. The number of thiocarbonyl (C=S) groups is 1. The fourth-order valence-electron chi connectivity index (χ4n) is 2.67. The Morgan fingerprint density at radius 1 is 1.21 bits per heavy atom. The number of thiazole rings is 1. The summed E-state index contributed by atoms with van der Waals surface area (Å²) in [5, 5.41) is 7.51. The highest BCUT2D eigenvalue weighted by atomic mass is 79.9. The summed E-state index contributed by atoms with van der Waals surface area (Å²) in [4.78, 5) is 16.5. The van der Waals surface area contributed by atoms with Gasteiger partial charge in [0, 0.05) is 22.8 Å². The van der Waals surface area contributed by atoms with E-state index < -0.39 is 15.9 Å². The lowest BCUT2D eigenvalue weighted by Crippen LogP contribution is -2.34. The van der Waals surface area contributed by atoms with Crippen molar-refractivity contribution in [1.82, 2.24) is 10.3 Å². The second-order valence-corrected chi connectivity index (χ2v) is 11.4. The number of carbonyl (C=O) groups excluding carboxylic acids is 1. The van der Waals surface area contributed by atoms with Crippen LogP contribution in [0.4, 0.5) is 10.8 Å². The Hall–Kier alpha value is -2.54. The quantitative estimate of drug-likeness (QED) is 0.295. The van der Waals surface area contributed by atoms with Gasteiger partial charge in [-0.25, -0.2) is 13.4 Å². The molecule has 8 nitrogen and oxygen atoms in total. The van der Waals surface area contributed by atoms with Crippen molar-refractivity contribution < 1.29 is 17.9 Å². The predicted molar refractivity (Wildman–Crippen MR) is 142 cm³/mol. The summed E-state index contributed by atoms with van der Waals surface area (Å²) in [5.74, 6) is 0.814. The molecule has 0 aliphatic rings. The summed E-state index contributed by atoms with van der Waals surface area (Å²) in [6.07, 6.45) is 2.45. The third kappa shape index (κ3) is 7.49. The normalized spacial score (nSPS) is 11.2. The number of benzene rings is 2. The summed E-state index contributed by atoms with van der Waals surface area (Å²) in [6, 6.07) is 11.0. The highest BCUT2D eigenvalue weighted by Gasteiger charge is 2.16. The Labute approximate surface area is 216 Å². The van der Waals surface area contributed by atoms with Gasteiger partial charge < -0.3 is 10.1 Å². The number of halogens is 1. The van der Waals surface area contributed by atoms with Gasteiger partial charge in [-0.1, -0.05) is 13.8 Å². The third-order valence-corrected chi connectivity index (χ3v) is 7.45. The monoisotopic (exact) mass is 582 g/mol. The molecule has 3 rings (SSSR count). The molecule has 1 amide bonds. The van der Waals surface area contributed by atoms with Gasteiger partial charge in [-0.2, -0.15) is 0 Å². The van der Waals surface area contributed by atoms with E-state index >= 15 is 0 Å². The SMILES string of the molecule is CC(C)CCOc1ccc(C(=O)NC(=S)Nc2ccc(S(=O)(=O)Nc3nccs3)cc2)cc1Br. The van der Waals surface area contributed by atoms with Crippen LogP contribution in [0.2, 0.25) is 0 Å². The van der Waals surface area contributed by atoms with Crippen LogP contribution in [0.25, 0.3) is 0 Å². The standard InChI is InChI=1S/C22H23BrN4O4S3/c1-14(2)9-11-31-19-8-3-15(13-18(19)23)20(28)26-21(32)25-16-4-6-17(7-5-16)34(29,30)27-22-24-10-12-33-22/h3-8,10,12-14H,9,11H2,1-2H3,(H,24,27)(H2,25,26,28,32). The van der Waals surface area contributed by atoms with E-state index in [-0.39, 0.29) is 15.1 Å². The van der Waals surface area contributed by atoms with E-state index in [1.54, 1.807) is 35.7 Å². The number of ether oxygens (including phenoxy) is 1. The van der Waals surface area contributed by atoms with Gasteiger partial charge in [0.05, 0.1) is 16.0 Å². The predicted octanol–water partition coefficient (Wildman–Crippen LogP) is 5.26. The molecular weight excluding hydrogens is 560 g/mol. The highest BCUT2D eigenvalue weighted by Crippen LogP contribution is 2.26. The number of amides is 1. The molecule has 180 valence electrons. The van der Waals surface area contributed by atoms with E-state index in [2.05, 4.69) is 50.1 Å². The van der Waals surface area contributed by atoms with Gasteiger partial charge >= 0.3 is 0 Å². The molecule has 0 spiro atoms. The molecule has 0 atom stereocenters. The molecule has 2 aromatic carbocycles.